The Labute approximate surface area is 81.9 Å². The smallest absolute Gasteiger partial charge is 0.272 e. The first kappa shape index (κ1) is 10.4. The molecule has 0 aliphatic rings. The molecule has 0 aliphatic carbocycles. The van der Waals surface area contributed by atoms with Crippen LogP contribution in [0.3, 0.4) is 0 Å². The van der Waals surface area contributed by atoms with Crippen LogP contribution in [-0.4, -0.2) is 29.4 Å². The van der Waals surface area contributed by atoms with Crippen LogP contribution in [0.15, 0.2) is 30.9 Å². The lowest BCUT2D eigenvalue weighted by Gasteiger charge is -2.13. The van der Waals surface area contributed by atoms with Crippen molar-refractivity contribution in [2.75, 3.05) is 13.6 Å². The molecule has 1 amide bonds. The molecule has 0 spiro atoms. The molecule has 74 valence electrons. The molecule has 1 rings (SSSR count). The summed E-state index contributed by atoms with van der Waals surface area (Å²) in [5.74, 6) is -0.966. The number of amides is 1. The lowest BCUT2D eigenvalue weighted by atomic mass is 10.3. The van der Waals surface area contributed by atoms with Crippen LogP contribution >= 0.6 is 0 Å². The molecular formula is C10H11FN2O. The third-order valence-corrected chi connectivity index (χ3v) is 1.68. The average Bonchev–Trinajstić information content (AvgIpc) is 2.17. The fourth-order valence-electron chi connectivity index (χ4n) is 0.999. The summed E-state index contributed by atoms with van der Waals surface area (Å²) in [6.07, 6.45) is 1.59. The summed E-state index contributed by atoms with van der Waals surface area (Å²) in [7, 11) is 1.61. The van der Waals surface area contributed by atoms with Crippen molar-refractivity contribution < 1.29 is 9.18 Å². The largest absolute Gasteiger partial charge is 0.337 e. The highest BCUT2D eigenvalue weighted by atomic mass is 19.1. The van der Waals surface area contributed by atoms with Crippen LogP contribution < -0.4 is 0 Å². The monoisotopic (exact) mass is 194 g/mol. The molecule has 1 aromatic rings. The van der Waals surface area contributed by atoms with Gasteiger partial charge in [-0.25, -0.2) is 4.98 Å². The van der Waals surface area contributed by atoms with Gasteiger partial charge in [0.2, 0.25) is 5.95 Å². The van der Waals surface area contributed by atoms with Crippen molar-refractivity contribution >= 4 is 5.91 Å². The molecule has 0 radical (unpaired) electrons. The second-order valence-electron chi connectivity index (χ2n) is 2.82. The van der Waals surface area contributed by atoms with Crippen molar-refractivity contribution in [3.8, 4) is 0 Å². The maximum Gasteiger partial charge on any atom is 0.272 e. The third-order valence-electron chi connectivity index (χ3n) is 1.68. The molecule has 0 aliphatic heterocycles. The quantitative estimate of drug-likeness (QED) is 0.539. The van der Waals surface area contributed by atoms with E-state index in [2.05, 4.69) is 11.6 Å². The summed E-state index contributed by atoms with van der Waals surface area (Å²) < 4.78 is 12.7. The Morgan fingerprint density at radius 3 is 3.00 bits per heavy atom. The van der Waals surface area contributed by atoms with E-state index in [1.807, 2.05) is 0 Å². The van der Waals surface area contributed by atoms with Gasteiger partial charge in [-0.3, -0.25) is 4.79 Å². The fourth-order valence-corrected chi connectivity index (χ4v) is 0.999. The van der Waals surface area contributed by atoms with Crippen molar-refractivity contribution in [1.29, 1.82) is 0 Å². The van der Waals surface area contributed by atoms with E-state index in [1.165, 1.54) is 23.1 Å². The molecule has 0 unspecified atom stereocenters. The molecule has 0 saturated heterocycles. The van der Waals surface area contributed by atoms with Crippen LogP contribution in [-0.2, 0) is 0 Å². The predicted octanol–water partition coefficient (Wildman–Crippen LogP) is 1.48. The molecule has 1 aromatic heterocycles. The van der Waals surface area contributed by atoms with E-state index < -0.39 is 5.95 Å². The normalized spacial score (nSPS) is 9.57. The maximum atomic E-state index is 12.7. The molecular weight excluding hydrogens is 183 g/mol. The van der Waals surface area contributed by atoms with E-state index in [-0.39, 0.29) is 11.6 Å². The number of aromatic nitrogens is 1. The topological polar surface area (TPSA) is 33.2 Å². The van der Waals surface area contributed by atoms with Crippen LogP contribution in [0.4, 0.5) is 4.39 Å². The summed E-state index contributed by atoms with van der Waals surface area (Å²) >= 11 is 0. The first-order chi connectivity index (χ1) is 6.65. The van der Waals surface area contributed by atoms with E-state index in [0.29, 0.717) is 6.54 Å². The van der Waals surface area contributed by atoms with E-state index in [0.717, 1.165) is 0 Å². The molecule has 0 bridgehead atoms. The van der Waals surface area contributed by atoms with Crippen molar-refractivity contribution in [2.45, 2.75) is 0 Å². The number of hydrogen-bond donors (Lipinski definition) is 0. The van der Waals surface area contributed by atoms with Gasteiger partial charge in [-0.2, -0.15) is 4.39 Å². The Bertz CT molecular complexity index is 352. The van der Waals surface area contributed by atoms with Crippen molar-refractivity contribution in [2.24, 2.45) is 0 Å². The lowest BCUT2D eigenvalue weighted by molar-refractivity contribution is 0.0803. The van der Waals surface area contributed by atoms with Gasteiger partial charge in [0.15, 0.2) is 0 Å². The van der Waals surface area contributed by atoms with Crippen molar-refractivity contribution in [3.05, 3.63) is 42.5 Å². The Morgan fingerprint density at radius 2 is 2.43 bits per heavy atom. The summed E-state index contributed by atoms with van der Waals surface area (Å²) in [6.45, 7) is 3.92. The summed E-state index contributed by atoms with van der Waals surface area (Å²) in [5, 5.41) is 0. The Balaban J connectivity index is 2.83. The van der Waals surface area contributed by atoms with Gasteiger partial charge in [0, 0.05) is 13.6 Å². The number of nitrogens with zero attached hydrogens (tertiary/aromatic N) is 2. The second-order valence-corrected chi connectivity index (χ2v) is 2.82. The Morgan fingerprint density at radius 1 is 1.71 bits per heavy atom. The standard InChI is InChI=1S/C10H11FN2O/c1-3-7-13(2)10(14)8-5-4-6-9(11)12-8/h3-6H,1,7H2,2H3. The number of pyridine rings is 1. The van der Waals surface area contributed by atoms with E-state index >= 15 is 0 Å². The minimum atomic E-state index is -0.650. The molecule has 0 atom stereocenters. The Kier molecular flexibility index (Phi) is 3.34. The molecule has 1 heterocycles. The van der Waals surface area contributed by atoms with E-state index in [9.17, 15) is 9.18 Å². The van der Waals surface area contributed by atoms with Crippen LogP contribution in [0.25, 0.3) is 0 Å². The maximum absolute atomic E-state index is 12.7. The summed E-state index contributed by atoms with van der Waals surface area (Å²) in [4.78, 5) is 16.4. The Hall–Kier alpha value is -1.71. The van der Waals surface area contributed by atoms with Gasteiger partial charge in [0.05, 0.1) is 0 Å². The first-order valence-corrected chi connectivity index (χ1v) is 4.14. The van der Waals surface area contributed by atoms with E-state index in [4.69, 9.17) is 0 Å². The SMILES string of the molecule is C=CCN(C)C(=O)c1cccc(F)n1. The zero-order valence-corrected chi connectivity index (χ0v) is 7.90. The average molecular weight is 194 g/mol. The molecule has 4 heteroatoms. The number of carbonyl (C=O) groups is 1. The van der Waals surface area contributed by atoms with Gasteiger partial charge < -0.3 is 4.90 Å². The van der Waals surface area contributed by atoms with Crippen LogP contribution in [0.5, 0.6) is 0 Å². The van der Waals surface area contributed by atoms with Gasteiger partial charge >= 0.3 is 0 Å². The molecule has 3 nitrogen and oxygen atoms in total. The van der Waals surface area contributed by atoms with Crippen LogP contribution in [0.2, 0.25) is 0 Å². The fraction of sp³-hybridized carbons (Fsp3) is 0.200. The minimum absolute atomic E-state index is 0.106. The van der Waals surface area contributed by atoms with Gasteiger partial charge in [0.25, 0.3) is 5.91 Å². The molecule has 0 fully saturated rings. The number of halogens is 1. The van der Waals surface area contributed by atoms with Crippen molar-refractivity contribution in [1.82, 2.24) is 9.88 Å². The highest BCUT2D eigenvalue weighted by Gasteiger charge is 2.11. The van der Waals surface area contributed by atoms with Gasteiger partial charge in [-0.05, 0) is 12.1 Å². The predicted molar refractivity (Wildman–Crippen MR) is 51.4 cm³/mol. The summed E-state index contributed by atoms with van der Waals surface area (Å²) in [6, 6.07) is 4.13. The number of carbonyl (C=O) groups excluding carboxylic acids is 1. The number of likely N-dealkylation sites (N-methyl/N-ethyl adjacent to an activating group) is 1. The van der Waals surface area contributed by atoms with Gasteiger partial charge in [0.1, 0.15) is 5.69 Å². The number of hydrogen-bond acceptors (Lipinski definition) is 2. The molecule has 0 saturated carbocycles. The number of rotatable bonds is 3. The highest BCUT2D eigenvalue weighted by molar-refractivity contribution is 5.92. The van der Waals surface area contributed by atoms with Crippen molar-refractivity contribution in [3.63, 3.8) is 0 Å². The molecule has 0 N–H and O–H groups in total. The van der Waals surface area contributed by atoms with Crippen LogP contribution in [0.1, 0.15) is 10.5 Å². The van der Waals surface area contributed by atoms with Gasteiger partial charge in [-0.1, -0.05) is 12.1 Å². The van der Waals surface area contributed by atoms with Gasteiger partial charge in [-0.15, -0.1) is 6.58 Å². The summed E-state index contributed by atoms with van der Waals surface area (Å²) in [5.41, 5.74) is 0.106. The molecule has 14 heavy (non-hydrogen) atoms. The van der Waals surface area contributed by atoms with E-state index in [1.54, 1.807) is 13.1 Å². The lowest BCUT2D eigenvalue weighted by Crippen LogP contribution is -2.27. The zero-order chi connectivity index (χ0) is 10.6. The third kappa shape index (κ3) is 2.39. The highest BCUT2D eigenvalue weighted by Crippen LogP contribution is 2.01. The minimum Gasteiger partial charge on any atom is -0.337 e. The molecule has 0 aromatic carbocycles. The zero-order valence-electron chi connectivity index (χ0n) is 7.90. The second kappa shape index (κ2) is 4.50. The first-order valence-electron chi connectivity index (χ1n) is 4.14. The van der Waals surface area contributed by atoms with Crippen LogP contribution in [0, 0.1) is 5.95 Å².